The van der Waals surface area contributed by atoms with E-state index < -0.39 is 0 Å². The lowest BCUT2D eigenvalue weighted by atomic mass is 9.92. The highest BCUT2D eigenvalue weighted by Gasteiger charge is 2.19. The van der Waals surface area contributed by atoms with Gasteiger partial charge in [-0.15, -0.1) is 0 Å². The van der Waals surface area contributed by atoms with E-state index in [0.29, 0.717) is 0 Å². The van der Waals surface area contributed by atoms with Crippen LogP contribution in [0.2, 0.25) is 0 Å². The predicted octanol–water partition coefficient (Wildman–Crippen LogP) is 3.94. The minimum atomic E-state index is 0.862. The Morgan fingerprint density at radius 1 is 1.20 bits per heavy atom. The van der Waals surface area contributed by atoms with Gasteiger partial charge < -0.3 is 15.4 Å². The number of nitrogen functional groups attached to an aromatic ring is 1. The van der Waals surface area contributed by atoms with Crippen LogP contribution >= 0.6 is 0 Å². The van der Waals surface area contributed by atoms with Gasteiger partial charge in [0.25, 0.3) is 0 Å². The molecule has 0 aromatic heterocycles. The monoisotopic (exact) mass is 278 g/mol. The van der Waals surface area contributed by atoms with Gasteiger partial charge >= 0.3 is 0 Å². The molecule has 0 spiro atoms. The molecule has 1 fully saturated rings. The molecule has 114 valence electrons. The average Bonchev–Trinajstić information content (AvgIpc) is 2.51. The van der Waals surface area contributed by atoms with Crippen LogP contribution in [-0.4, -0.2) is 26.8 Å². The average molecular weight is 278 g/mol. The zero-order valence-electron chi connectivity index (χ0n) is 13.3. The maximum absolute atomic E-state index is 6.03. The molecule has 1 heterocycles. The number of para-hydroxylation sites is 2. The minimum Gasteiger partial charge on any atom is -0.397 e. The first-order chi connectivity index (χ1) is 9.81. The quantitative estimate of drug-likeness (QED) is 0.655. The SMILES string of the molecule is CC.COCCCC1CCN(c2ccccc2N)CC1. The molecule has 0 aliphatic carbocycles. The zero-order valence-corrected chi connectivity index (χ0v) is 13.3. The second kappa shape index (κ2) is 9.65. The van der Waals surface area contributed by atoms with Crippen molar-refractivity contribution in [1.82, 2.24) is 0 Å². The number of piperidine rings is 1. The van der Waals surface area contributed by atoms with Crippen molar-refractivity contribution < 1.29 is 4.74 Å². The number of ether oxygens (including phenoxy) is 1. The third-order valence-electron chi connectivity index (χ3n) is 3.85. The molecule has 0 unspecified atom stereocenters. The van der Waals surface area contributed by atoms with Gasteiger partial charge in [0.1, 0.15) is 0 Å². The van der Waals surface area contributed by atoms with Crippen LogP contribution in [-0.2, 0) is 4.74 Å². The normalized spacial score (nSPS) is 15.7. The molecule has 2 rings (SSSR count). The van der Waals surface area contributed by atoms with Gasteiger partial charge in [0.15, 0.2) is 0 Å². The molecule has 0 saturated carbocycles. The van der Waals surface area contributed by atoms with E-state index in [0.717, 1.165) is 31.3 Å². The Bertz CT molecular complexity index is 360. The molecule has 1 saturated heterocycles. The third-order valence-corrected chi connectivity index (χ3v) is 3.85. The van der Waals surface area contributed by atoms with Crippen molar-refractivity contribution in [2.24, 2.45) is 5.92 Å². The van der Waals surface area contributed by atoms with Gasteiger partial charge in [-0.25, -0.2) is 0 Å². The Balaban J connectivity index is 0.000000956. The summed E-state index contributed by atoms with van der Waals surface area (Å²) in [4.78, 5) is 2.42. The summed E-state index contributed by atoms with van der Waals surface area (Å²) in [5.41, 5.74) is 8.13. The Labute approximate surface area is 124 Å². The second-order valence-corrected chi connectivity index (χ2v) is 5.12. The molecule has 0 amide bonds. The van der Waals surface area contributed by atoms with Gasteiger partial charge in [0, 0.05) is 26.8 Å². The summed E-state index contributed by atoms with van der Waals surface area (Å²) in [7, 11) is 1.78. The molecule has 1 aromatic carbocycles. The molecule has 0 atom stereocenters. The van der Waals surface area contributed by atoms with Crippen molar-refractivity contribution in [3.63, 3.8) is 0 Å². The summed E-state index contributed by atoms with van der Waals surface area (Å²) >= 11 is 0. The topological polar surface area (TPSA) is 38.5 Å². The highest BCUT2D eigenvalue weighted by atomic mass is 16.5. The summed E-state index contributed by atoms with van der Waals surface area (Å²) < 4.78 is 5.11. The smallest absolute Gasteiger partial charge is 0.0599 e. The van der Waals surface area contributed by atoms with Crippen molar-refractivity contribution in [1.29, 1.82) is 0 Å². The van der Waals surface area contributed by atoms with E-state index in [1.807, 2.05) is 26.0 Å². The summed E-state index contributed by atoms with van der Waals surface area (Å²) in [6, 6.07) is 8.17. The van der Waals surface area contributed by atoms with E-state index in [4.69, 9.17) is 10.5 Å². The fourth-order valence-electron chi connectivity index (χ4n) is 2.75. The lowest BCUT2D eigenvalue weighted by molar-refractivity contribution is 0.183. The third kappa shape index (κ3) is 5.04. The predicted molar refractivity (Wildman–Crippen MR) is 88.2 cm³/mol. The summed E-state index contributed by atoms with van der Waals surface area (Å²) in [5, 5.41) is 0. The number of benzene rings is 1. The number of nitrogens with zero attached hydrogens (tertiary/aromatic N) is 1. The molecule has 0 radical (unpaired) electrons. The van der Waals surface area contributed by atoms with E-state index in [9.17, 15) is 0 Å². The molecule has 1 aliphatic heterocycles. The Hall–Kier alpha value is -1.22. The van der Waals surface area contributed by atoms with E-state index in [-0.39, 0.29) is 0 Å². The molecular formula is C17H30N2O. The summed E-state index contributed by atoms with van der Waals surface area (Å²) in [6.45, 7) is 7.16. The first kappa shape index (κ1) is 16.8. The van der Waals surface area contributed by atoms with E-state index in [1.165, 1.54) is 31.4 Å². The van der Waals surface area contributed by atoms with Gasteiger partial charge in [-0.05, 0) is 43.7 Å². The summed E-state index contributed by atoms with van der Waals surface area (Å²) in [6.07, 6.45) is 5.04. The maximum atomic E-state index is 6.03. The van der Waals surface area contributed by atoms with Gasteiger partial charge in [-0.1, -0.05) is 26.0 Å². The molecular weight excluding hydrogens is 248 g/mol. The lowest BCUT2D eigenvalue weighted by Gasteiger charge is -2.34. The number of anilines is 2. The molecule has 3 heteroatoms. The van der Waals surface area contributed by atoms with E-state index in [2.05, 4.69) is 17.0 Å². The zero-order chi connectivity index (χ0) is 14.8. The Morgan fingerprint density at radius 2 is 1.85 bits per heavy atom. The van der Waals surface area contributed by atoms with Gasteiger partial charge in [0.05, 0.1) is 11.4 Å². The van der Waals surface area contributed by atoms with Gasteiger partial charge in [-0.3, -0.25) is 0 Å². The van der Waals surface area contributed by atoms with E-state index in [1.54, 1.807) is 7.11 Å². The second-order valence-electron chi connectivity index (χ2n) is 5.12. The Morgan fingerprint density at radius 3 is 2.45 bits per heavy atom. The van der Waals surface area contributed by atoms with Crippen LogP contribution in [0.4, 0.5) is 11.4 Å². The number of methoxy groups -OCH3 is 1. The first-order valence-corrected chi connectivity index (χ1v) is 7.89. The molecule has 2 N–H and O–H groups in total. The largest absolute Gasteiger partial charge is 0.397 e. The molecule has 0 bridgehead atoms. The van der Waals surface area contributed by atoms with Crippen LogP contribution in [0.3, 0.4) is 0 Å². The van der Waals surface area contributed by atoms with Crippen molar-refractivity contribution >= 4 is 11.4 Å². The minimum absolute atomic E-state index is 0.862. The van der Waals surface area contributed by atoms with Crippen LogP contribution in [0.1, 0.15) is 39.5 Å². The lowest BCUT2D eigenvalue weighted by Crippen LogP contribution is -2.34. The highest BCUT2D eigenvalue weighted by molar-refractivity contribution is 5.67. The standard InChI is InChI=1S/C15H24N2O.C2H6/c1-18-12-4-5-13-8-10-17(11-9-13)15-7-3-2-6-14(15)16;1-2/h2-3,6-7,13H,4-5,8-12,16H2,1H3;1-2H3. The number of nitrogens with two attached hydrogens (primary N) is 1. The van der Waals surface area contributed by atoms with Crippen LogP contribution in [0.15, 0.2) is 24.3 Å². The number of hydrogen-bond donors (Lipinski definition) is 1. The molecule has 1 aliphatic rings. The number of hydrogen-bond acceptors (Lipinski definition) is 3. The van der Waals surface area contributed by atoms with Crippen molar-refractivity contribution in [2.75, 3.05) is 37.4 Å². The van der Waals surface area contributed by atoms with Crippen molar-refractivity contribution in [3.8, 4) is 0 Å². The van der Waals surface area contributed by atoms with Crippen molar-refractivity contribution in [2.45, 2.75) is 39.5 Å². The van der Waals surface area contributed by atoms with Gasteiger partial charge in [0.2, 0.25) is 0 Å². The summed E-state index contributed by atoms with van der Waals surface area (Å²) in [5.74, 6) is 0.862. The van der Waals surface area contributed by atoms with Gasteiger partial charge in [-0.2, -0.15) is 0 Å². The fourth-order valence-corrected chi connectivity index (χ4v) is 2.75. The Kier molecular flexibility index (Phi) is 8.12. The number of rotatable bonds is 5. The van der Waals surface area contributed by atoms with E-state index >= 15 is 0 Å². The van der Waals surface area contributed by atoms with Crippen LogP contribution in [0.25, 0.3) is 0 Å². The molecule has 1 aromatic rings. The van der Waals surface area contributed by atoms with Crippen LogP contribution in [0, 0.1) is 5.92 Å². The van der Waals surface area contributed by atoms with Crippen LogP contribution in [0.5, 0.6) is 0 Å². The van der Waals surface area contributed by atoms with Crippen LogP contribution < -0.4 is 10.6 Å². The fraction of sp³-hybridized carbons (Fsp3) is 0.647. The first-order valence-electron chi connectivity index (χ1n) is 7.89. The van der Waals surface area contributed by atoms with Crippen molar-refractivity contribution in [3.05, 3.63) is 24.3 Å². The maximum Gasteiger partial charge on any atom is 0.0599 e. The highest BCUT2D eigenvalue weighted by Crippen LogP contribution is 2.29. The molecule has 20 heavy (non-hydrogen) atoms. The molecule has 3 nitrogen and oxygen atoms in total.